The molecule has 0 radical (unpaired) electrons. The highest BCUT2D eigenvalue weighted by molar-refractivity contribution is 5.84. The molecule has 2 aromatic carbocycles. The topological polar surface area (TPSA) is 107 Å². The number of benzene rings is 2. The van der Waals surface area contributed by atoms with Gasteiger partial charge in [-0.3, -0.25) is 14.6 Å². The van der Waals surface area contributed by atoms with Crippen molar-refractivity contribution in [2.45, 2.75) is 19.0 Å². The Balaban J connectivity index is 1.34. The number of Topliss-reactive ketones (excluding diaryl/α,β-unsaturated/α-hetero) is 1. The highest BCUT2D eigenvalue weighted by Crippen LogP contribution is 2.35. The van der Waals surface area contributed by atoms with Crippen LogP contribution in [0.3, 0.4) is 0 Å². The summed E-state index contributed by atoms with van der Waals surface area (Å²) in [5.74, 6) is -0.633. The maximum absolute atomic E-state index is 14.9. The van der Waals surface area contributed by atoms with Gasteiger partial charge in [0.2, 0.25) is 0 Å². The number of H-pyrrole nitrogens is 1. The highest BCUT2D eigenvalue weighted by atomic mass is 19.4. The van der Waals surface area contributed by atoms with E-state index in [-0.39, 0.29) is 51.7 Å². The van der Waals surface area contributed by atoms with E-state index in [0.29, 0.717) is 0 Å². The monoisotopic (exact) mass is 550 g/mol. The fraction of sp³-hybridized carbons (Fsp3) is 0.107. The van der Waals surface area contributed by atoms with Crippen molar-refractivity contribution in [3.8, 4) is 23.0 Å². The molecule has 5 rings (SSSR count). The number of halogens is 4. The third-order valence-corrected chi connectivity index (χ3v) is 5.72. The normalized spacial score (nSPS) is 11.4. The molecule has 0 fully saturated rings. The number of ether oxygens (including phenoxy) is 2. The molecule has 0 unspecified atom stereocenters. The number of ketones is 1. The Kier molecular flexibility index (Phi) is 7.23. The van der Waals surface area contributed by atoms with Crippen LogP contribution in [0.4, 0.5) is 17.6 Å². The molecule has 0 saturated heterocycles. The van der Waals surface area contributed by atoms with Gasteiger partial charge in [-0.2, -0.15) is 13.2 Å². The van der Waals surface area contributed by atoms with Crippen LogP contribution in [-0.2, 0) is 23.8 Å². The second-order valence-electron chi connectivity index (χ2n) is 8.61. The number of pyridine rings is 2. The molecular formula is C28H18F4N4O4. The fourth-order valence-corrected chi connectivity index (χ4v) is 3.88. The Morgan fingerprint density at radius 3 is 2.40 bits per heavy atom. The van der Waals surface area contributed by atoms with Gasteiger partial charge in [0.25, 0.3) is 5.56 Å². The molecule has 0 aliphatic heterocycles. The van der Waals surface area contributed by atoms with Crippen molar-refractivity contribution in [2.24, 2.45) is 0 Å². The van der Waals surface area contributed by atoms with Crippen LogP contribution >= 0.6 is 0 Å². The van der Waals surface area contributed by atoms with Gasteiger partial charge in [-0.25, -0.2) is 14.4 Å². The van der Waals surface area contributed by atoms with E-state index in [0.717, 1.165) is 30.5 Å². The summed E-state index contributed by atoms with van der Waals surface area (Å²) in [4.78, 5) is 38.7. The molecule has 40 heavy (non-hydrogen) atoms. The van der Waals surface area contributed by atoms with E-state index >= 15 is 0 Å². The summed E-state index contributed by atoms with van der Waals surface area (Å²) in [6.45, 7) is 0. The van der Waals surface area contributed by atoms with Gasteiger partial charge in [0.05, 0.1) is 18.0 Å². The Labute approximate surface area is 223 Å². The summed E-state index contributed by atoms with van der Waals surface area (Å²) in [6.07, 6.45) is -0.0979. The van der Waals surface area contributed by atoms with Crippen molar-refractivity contribution >= 4 is 16.9 Å². The van der Waals surface area contributed by atoms with E-state index in [4.69, 9.17) is 9.47 Å². The number of fused-ring (bicyclic) bond motifs is 1. The van der Waals surface area contributed by atoms with Crippen LogP contribution in [0.5, 0.6) is 23.0 Å². The third kappa shape index (κ3) is 6.12. The van der Waals surface area contributed by atoms with Gasteiger partial charge >= 0.3 is 6.18 Å². The Bertz CT molecular complexity index is 1760. The van der Waals surface area contributed by atoms with Crippen LogP contribution in [0.15, 0.2) is 84.2 Å². The van der Waals surface area contributed by atoms with E-state index in [2.05, 4.69) is 19.9 Å². The summed E-state index contributed by atoms with van der Waals surface area (Å²) in [6, 6.07) is 11.3. The predicted molar refractivity (Wildman–Crippen MR) is 135 cm³/mol. The van der Waals surface area contributed by atoms with Gasteiger partial charge in [-0.05, 0) is 42.0 Å². The number of aromatic nitrogens is 4. The maximum atomic E-state index is 14.9. The van der Waals surface area contributed by atoms with Crippen LogP contribution < -0.4 is 15.0 Å². The molecule has 0 bridgehead atoms. The van der Waals surface area contributed by atoms with E-state index in [1.807, 2.05) is 0 Å². The number of rotatable bonds is 8. The largest absolute Gasteiger partial charge is 0.455 e. The van der Waals surface area contributed by atoms with Gasteiger partial charge in [-0.1, -0.05) is 6.07 Å². The van der Waals surface area contributed by atoms with Crippen molar-refractivity contribution in [3.63, 3.8) is 0 Å². The van der Waals surface area contributed by atoms with Crippen molar-refractivity contribution in [3.05, 3.63) is 112 Å². The van der Waals surface area contributed by atoms with Crippen LogP contribution in [0.1, 0.15) is 16.7 Å². The summed E-state index contributed by atoms with van der Waals surface area (Å²) >= 11 is 0. The molecule has 8 nitrogen and oxygen atoms in total. The van der Waals surface area contributed by atoms with Gasteiger partial charge in [-0.15, -0.1) is 0 Å². The molecule has 3 heterocycles. The Hall–Kier alpha value is -5.13. The van der Waals surface area contributed by atoms with E-state index < -0.39 is 35.3 Å². The van der Waals surface area contributed by atoms with Crippen LogP contribution in [0, 0.1) is 5.82 Å². The standard InChI is InChI=1S/C28H18F4N4O4/c29-22-13-20(39-24-7-9-34-27-26(24)35-15-25(38)36-27)5-3-16(22)11-19(37)12-17-10-18(28(30,31)32)4-6-23(17)40-21-2-1-8-33-14-21/h1-10,13-15H,11-12H2,(H,34,36,38). The second-order valence-corrected chi connectivity index (χ2v) is 8.61. The predicted octanol–water partition coefficient (Wildman–Crippen LogP) is 5.81. The molecule has 0 aliphatic rings. The number of alkyl halides is 3. The van der Waals surface area contributed by atoms with Crippen molar-refractivity contribution < 1.29 is 31.8 Å². The minimum absolute atomic E-state index is 0.000790. The molecule has 5 aromatic rings. The molecule has 12 heteroatoms. The van der Waals surface area contributed by atoms with Gasteiger partial charge < -0.3 is 14.5 Å². The highest BCUT2D eigenvalue weighted by Gasteiger charge is 2.31. The number of nitrogens with zero attached hydrogens (tertiary/aromatic N) is 3. The first-order chi connectivity index (χ1) is 19.2. The maximum Gasteiger partial charge on any atom is 0.416 e. The lowest BCUT2D eigenvalue weighted by atomic mass is 9.99. The summed E-state index contributed by atoms with van der Waals surface area (Å²) < 4.78 is 66.3. The minimum Gasteiger partial charge on any atom is -0.455 e. The van der Waals surface area contributed by atoms with Crippen molar-refractivity contribution in [2.75, 3.05) is 0 Å². The fourth-order valence-electron chi connectivity index (χ4n) is 3.88. The zero-order chi connectivity index (χ0) is 28.3. The molecule has 1 N–H and O–H groups in total. The van der Waals surface area contributed by atoms with Crippen molar-refractivity contribution in [1.29, 1.82) is 0 Å². The van der Waals surface area contributed by atoms with E-state index in [1.54, 1.807) is 12.1 Å². The molecule has 0 atom stereocenters. The molecular weight excluding hydrogens is 532 g/mol. The lowest BCUT2D eigenvalue weighted by molar-refractivity contribution is -0.137. The number of carbonyl (C=O) groups excluding carboxylic acids is 1. The Morgan fingerprint density at radius 2 is 1.65 bits per heavy atom. The molecule has 0 spiro atoms. The first-order valence-electron chi connectivity index (χ1n) is 11.8. The lowest BCUT2D eigenvalue weighted by Crippen LogP contribution is -2.11. The summed E-state index contributed by atoms with van der Waals surface area (Å²) in [5.41, 5.74) is -0.914. The smallest absolute Gasteiger partial charge is 0.416 e. The number of hydrogen-bond donors (Lipinski definition) is 1. The van der Waals surface area contributed by atoms with Gasteiger partial charge in [0.1, 0.15) is 34.4 Å². The number of carbonyl (C=O) groups is 1. The first-order valence-corrected chi connectivity index (χ1v) is 11.8. The summed E-state index contributed by atoms with van der Waals surface area (Å²) in [7, 11) is 0. The van der Waals surface area contributed by atoms with E-state index in [9.17, 15) is 27.2 Å². The molecule has 0 amide bonds. The van der Waals surface area contributed by atoms with Crippen LogP contribution in [0.2, 0.25) is 0 Å². The molecule has 0 aliphatic carbocycles. The second kappa shape index (κ2) is 10.9. The molecule has 3 aromatic heterocycles. The van der Waals surface area contributed by atoms with Crippen LogP contribution in [-0.4, -0.2) is 25.7 Å². The third-order valence-electron chi connectivity index (χ3n) is 5.72. The average molecular weight is 550 g/mol. The number of hydrogen-bond acceptors (Lipinski definition) is 7. The summed E-state index contributed by atoms with van der Waals surface area (Å²) in [5, 5.41) is 0. The van der Waals surface area contributed by atoms with Crippen molar-refractivity contribution in [1.82, 2.24) is 19.9 Å². The van der Waals surface area contributed by atoms with Gasteiger partial charge in [0, 0.05) is 42.9 Å². The van der Waals surface area contributed by atoms with E-state index in [1.165, 1.54) is 36.8 Å². The lowest BCUT2D eigenvalue weighted by Gasteiger charge is -2.14. The minimum atomic E-state index is -4.63. The molecule has 0 saturated carbocycles. The first kappa shape index (κ1) is 26.5. The Morgan fingerprint density at radius 1 is 0.850 bits per heavy atom. The van der Waals surface area contributed by atoms with Gasteiger partial charge in [0.15, 0.2) is 11.4 Å². The number of aromatic amines is 1. The SMILES string of the molecule is O=C(Cc1ccc(Oc2ccnc3[nH]c(=O)cnc23)cc1F)Cc1cc(C(F)(F)F)ccc1Oc1cccnc1. The van der Waals surface area contributed by atoms with Crippen LogP contribution in [0.25, 0.3) is 11.2 Å². The zero-order valence-electron chi connectivity index (χ0n) is 20.4. The zero-order valence-corrected chi connectivity index (χ0v) is 20.4. The quantitative estimate of drug-likeness (QED) is 0.243. The average Bonchev–Trinajstić information content (AvgIpc) is 2.91. The molecule has 202 valence electrons. The number of nitrogens with one attached hydrogen (secondary N) is 1.